The van der Waals surface area contributed by atoms with Gasteiger partial charge in [-0.3, -0.25) is 9.59 Å². The lowest BCUT2D eigenvalue weighted by Gasteiger charge is -2.24. The molecule has 1 aliphatic heterocycles. The van der Waals surface area contributed by atoms with Gasteiger partial charge in [-0.2, -0.15) is 0 Å². The van der Waals surface area contributed by atoms with E-state index in [1.54, 1.807) is 38.1 Å². The number of carbonyl (C=O) groups is 3. The highest BCUT2D eigenvalue weighted by atomic mass is 16.7. The number of benzene rings is 2. The van der Waals surface area contributed by atoms with Crippen molar-refractivity contribution in [2.45, 2.75) is 33.1 Å². The van der Waals surface area contributed by atoms with Gasteiger partial charge in [-0.25, -0.2) is 4.79 Å². The molecule has 5 heteroatoms. The molecule has 0 radical (unpaired) electrons. The van der Waals surface area contributed by atoms with E-state index in [2.05, 4.69) is 0 Å². The van der Waals surface area contributed by atoms with Crippen LogP contribution >= 0.6 is 0 Å². The van der Waals surface area contributed by atoms with Crippen LogP contribution in [0.15, 0.2) is 54.6 Å². The average Bonchev–Trinajstić information content (AvgIpc) is 2.88. The second-order valence-electron chi connectivity index (χ2n) is 7.05. The normalized spacial score (nSPS) is 13.7. The lowest BCUT2D eigenvalue weighted by molar-refractivity contribution is -0.179. The summed E-state index contributed by atoms with van der Waals surface area (Å²) in [7, 11) is 0. The van der Waals surface area contributed by atoms with E-state index in [-0.39, 0.29) is 11.1 Å². The highest BCUT2D eigenvalue weighted by molar-refractivity contribution is 6.20. The maximum absolute atomic E-state index is 12.5. The van der Waals surface area contributed by atoms with Crippen LogP contribution in [0.4, 0.5) is 0 Å². The van der Waals surface area contributed by atoms with Crippen molar-refractivity contribution in [3.63, 3.8) is 0 Å². The molecule has 134 valence electrons. The molecule has 0 fully saturated rings. The predicted octanol–water partition coefficient (Wildman–Crippen LogP) is 3.79. The first kappa shape index (κ1) is 17.9. The summed E-state index contributed by atoms with van der Waals surface area (Å²) in [6.45, 7) is 3.52. The van der Waals surface area contributed by atoms with Crippen molar-refractivity contribution in [3.8, 4) is 0 Å². The number of rotatable bonds is 6. The van der Waals surface area contributed by atoms with Crippen LogP contribution in [0.2, 0.25) is 0 Å². The topological polar surface area (TPSA) is 63.7 Å². The Hall–Kier alpha value is -2.95. The van der Waals surface area contributed by atoms with Crippen molar-refractivity contribution in [2.75, 3.05) is 0 Å². The largest absolute Gasteiger partial charge is 0.338 e. The van der Waals surface area contributed by atoms with E-state index in [0.29, 0.717) is 11.5 Å². The van der Waals surface area contributed by atoms with Crippen LogP contribution in [-0.2, 0) is 16.1 Å². The first-order valence-corrected chi connectivity index (χ1v) is 8.64. The smallest absolute Gasteiger partial charge is 0.329 e. The molecule has 0 unspecified atom stereocenters. The fourth-order valence-corrected chi connectivity index (χ4v) is 2.94. The van der Waals surface area contributed by atoms with E-state index in [0.717, 1.165) is 12.8 Å². The summed E-state index contributed by atoms with van der Waals surface area (Å²) in [5.41, 5.74) is 0.917. The Morgan fingerprint density at radius 1 is 0.923 bits per heavy atom. The van der Waals surface area contributed by atoms with Gasteiger partial charge in [0.2, 0.25) is 0 Å². The zero-order valence-electron chi connectivity index (χ0n) is 14.9. The Bertz CT molecular complexity index is 807. The lowest BCUT2D eigenvalue weighted by Crippen LogP contribution is -2.38. The number of imide groups is 1. The van der Waals surface area contributed by atoms with Gasteiger partial charge in [0.05, 0.1) is 16.5 Å². The molecule has 0 atom stereocenters. The van der Waals surface area contributed by atoms with Gasteiger partial charge in [0.15, 0.2) is 0 Å². The van der Waals surface area contributed by atoms with Crippen LogP contribution in [0.1, 0.15) is 53.0 Å². The fourth-order valence-electron chi connectivity index (χ4n) is 2.94. The van der Waals surface area contributed by atoms with Gasteiger partial charge in [0.25, 0.3) is 11.8 Å². The quantitative estimate of drug-likeness (QED) is 0.743. The summed E-state index contributed by atoms with van der Waals surface area (Å²) in [4.78, 5) is 42.3. The SMILES string of the molecule is CC(C)(CCCc1ccccc1)C(=O)ON1C(=O)c2ccccc2C1=O. The van der Waals surface area contributed by atoms with Crippen LogP contribution < -0.4 is 0 Å². The molecule has 0 saturated heterocycles. The van der Waals surface area contributed by atoms with Crippen LogP contribution in [0.3, 0.4) is 0 Å². The van der Waals surface area contributed by atoms with E-state index in [4.69, 9.17) is 4.84 Å². The molecule has 0 bridgehead atoms. The molecular formula is C21H21NO4. The molecule has 0 aromatic heterocycles. The number of amides is 2. The first-order valence-electron chi connectivity index (χ1n) is 8.64. The van der Waals surface area contributed by atoms with Crippen LogP contribution in [0, 0.1) is 5.41 Å². The lowest BCUT2D eigenvalue weighted by atomic mass is 9.86. The van der Waals surface area contributed by atoms with Crippen molar-refractivity contribution >= 4 is 17.8 Å². The highest BCUT2D eigenvalue weighted by Crippen LogP contribution is 2.29. The number of hydrogen-bond acceptors (Lipinski definition) is 4. The zero-order valence-corrected chi connectivity index (χ0v) is 14.9. The van der Waals surface area contributed by atoms with E-state index < -0.39 is 23.2 Å². The zero-order chi connectivity index (χ0) is 18.7. The Kier molecular flexibility index (Phi) is 4.89. The number of fused-ring (bicyclic) bond motifs is 1. The molecule has 1 aliphatic rings. The minimum atomic E-state index is -0.801. The summed E-state index contributed by atoms with van der Waals surface area (Å²) in [5.74, 6) is -1.78. The highest BCUT2D eigenvalue weighted by Gasteiger charge is 2.41. The molecule has 0 spiro atoms. The Morgan fingerprint density at radius 2 is 1.46 bits per heavy atom. The van der Waals surface area contributed by atoms with E-state index in [1.165, 1.54) is 5.56 Å². The molecule has 2 aromatic rings. The van der Waals surface area contributed by atoms with Crippen LogP contribution in [0.5, 0.6) is 0 Å². The maximum Gasteiger partial charge on any atom is 0.338 e. The Labute approximate surface area is 152 Å². The van der Waals surface area contributed by atoms with Gasteiger partial charge in [0.1, 0.15) is 0 Å². The van der Waals surface area contributed by atoms with E-state index in [1.807, 2.05) is 30.3 Å². The molecule has 2 aromatic carbocycles. The van der Waals surface area contributed by atoms with Gasteiger partial charge in [-0.05, 0) is 50.8 Å². The second-order valence-corrected chi connectivity index (χ2v) is 7.05. The van der Waals surface area contributed by atoms with Crippen molar-refractivity contribution < 1.29 is 19.2 Å². The molecule has 1 heterocycles. The van der Waals surface area contributed by atoms with Crippen molar-refractivity contribution in [2.24, 2.45) is 5.41 Å². The number of aryl methyl sites for hydroxylation is 1. The van der Waals surface area contributed by atoms with E-state index >= 15 is 0 Å². The van der Waals surface area contributed by atoms with Crippen molar-refractivity contribution in [1.29, 1.82) is 0 Å². The van der Waals surface area contributed by atoms with Gasteiger partial charge in [-0.1, -0.05) is 47.5 Å². The molecular weight excluding hydrogens is 330 g/mol. The predicted molar refractivity (Wildman–Crippen MR) is 96.2 cm³/mol. The summed E-state index contributed by atoms with van der Waals surface area (Å²) in [5, 5.41) is 0.575. The molecule has 2 amide bonds. The maximum atomic E-state index is 12.5. The summed E-state index contributed by atoms with van der Waals surface area (Å²) in [6, 6.07) is 16.5. The Balaban J connectivity index is 1.60. The molecule has 3 rings (SSSR count). The molecule has 5 nitrogen and oxygen atoms in total. The average molecular weight is 351 g/mol. The van der Waals surface area contributed by atoms with Crippen LogP contribution in [0.25, 0.3) is 0 Å². The molecule has 0 N–H and O–H groups in total. The van der Waals surface area contributed by atoms with Crippen molar-refractivity contribution in [1.82, 2.24) is 5.06 Å². The summed E-state index contributed by atoms with van der Waals surface area (Å²) < 4.78 is 0. The minimum Gasteiger partial charge on any atom is -0.329 e. The summed E-state index contributed by atoms with van der Waals surface area (Å²) in [6.07, 6.45) is 2.24. The molecule has 0 aliphatic carbocycles. The van der Waals surface area contributed by atoms with E-state index in [9.17, 15) is 14.4 Å². The van der Waals surface area contributed by atoms with Gasteiger partial charge < -0.3 is 4.84 Å². The van der Waals surface area contributed by atoms with Gasteiger partial charge >= 0.3 is 5.97 Å². The standard InChI is InChI=1S/C21H21NO4/c1-21(2,14-8-11-15-9-4-3-5-10-15)20(25)26-22-18(23)16-12-6-7-13-17(16)19(22)24/h3-7,9-10,12-13H,8,11,14H2,1-2H3. The number of nitrogens with zero attached hydrogens (tertiary/aromatic N) is 1. The van der Waals surface area contributed by atoms with Gasteiger partial charge in [-0.15, -0.1) is 0 Å². The number of carbonyl (C=O) groups excluding carboxylic acids is 3. The third kappa shape index (κ3) is 3.52. The van der Waals surface area contributed by atoms with Gasteiger partial charge in [0, 0.05) is 0 Å². The second kappa shape index (κ2) is 7.12. The number of hydroxylamine groups is 2. The first-order chi connectivity index (χ1) is 12.4. The van der Waals surface area contributed by atoms with Crippen LogP contribution in [-0.4, -0.2) is 22.8 Å². The monoisotopic (exact) mass is 351 g/mol. The molecule has 26 heavy (non-hydrogen) atoms. The Morgan fingerprint density at radius 3 is 2.04 bits per heavy atom. The van der Waals surface area contributed by atoms with Crippen molar-refractivity contribution in [3.05, 3.63) is 71.3 Å². The third-order valence-corrected chi connectivity index (χ3v) is 4.59. The third-order valence-electron chi connectivity index (χ3n) is 4.59. The minimum absolute atomic E-state index is 0.257. The number of hydrogen-bond donors (Lipinski definition) is 0. The fraction of sp³-hybridized carbons (Fsp3) is 0.286. The summed E-state index contributed by atoms with van der Waals surface area (Å²) >= 11 is 0. The molecule has 0 saturated carbocycles.